The predicted octanol–water partition coefficient (Wildman–Crippen LogP) is 2.99. The Balaban J connectivity index is 1.63. The second kappa shape index (κ2) is 6.03. The highest BCUT2D eigenvalue weighted by Crippen LogP contribution is 2.20. The van der Waals surface area contributed by atoms with E-state index in [-0.39, 0.29) is 0 Å². The molecule has 1 N–H and O–H groups in total. The zero-order valence-corrected chi connectivity index (χ0v) is 12.0. The van der Waals surface area contributed by atoms with Crippen molar-refractivity contribution < 1.29 is 0 Å². The van der Waals surface area contributed by atoms with Gasteiger partial charge in [-0.15, -0.1) is 15.3 Å². The first-order chi connectivity index (χ1) is 9.86. The Morgan fingerprint density at radius 1 is 1.25 bits per heavy atom. The minimum absolute atomic E-state index is 0.808. The molecule has 0 fully saturated rings. The molecular weight excluding hydrogens is 250 g/mol. The van der Waals surface area contributed by atoms with Gasteiger partial charge in [0, 0.05) is 13.0 Å². The van der Waals surface area contributed by atoms with Crippen molar-refractivity contribution in [2.75, 3.05) is 11.9 Å². The molecule has 0 bridgehead atoms. The van der Waals surface area contributed by atoms with Crippen LogP contribution in [0.15, 0.2) is 23.8 Å². The van der Waals surface area contributed by atoms with Crippen LogP contribution in [0, 0.1) is 0 Å². The fourth-order valence-corrected chi connectivity index (χ4v) is 2.63. The van der Waals surface area contributed by atoms with E-state index in [0.29, 0.717) is 0 Å². The molecule has 0 unspecified atom stereocenters. The molecule has 2 heterocycles. The third-order valence-electron chi connectivity index (χ3n) is 3.78. The van der Waals surface area contributed by atoms with Crippen molar-refractivity contribution in [3.8, 4) is 0 Å². The van der Waals surface area contributed by atoms with Crippen LogP contribution in [0.1, 0.15) is 44.9 Å². The lowest BCUT2D eigenvalue weighted by atomic mass is 9.97. The lowest BCUT2D eigenvalue weighted by Gasteiger charge is -2.13. The molecule has 1 aliphatic carbocycles. The maximum Gasteiger partial charge on any atom is 0.178 e. The van der Waals surface area contributed by atoms with Gasteiger partial charge in [0.25, 0.3) is 0 Å². The fourth-order valence-electron chi connectivity index (χ4n) is 2.63. The number of nitrogens with one attached hydrogen (secondary N) is 1. The zero-order valence-electron chi connectivity index (χ0n) is 12.0. The van der Waals surface area contributed by atoms with Gasteiger partial charge in [-0.25, -0.2) is 0 Å². The van der Waals surface area contributed by atoms with Crippen molar-refractivity contribution in [2.45, 2.75) is 45.4 Å². The SMILES string of the molecule is CCc1nnc2ccc(NCCC3=CCCCC3)nn12. The molecule has 0 saturated carbocycles. The number of anilines is 1. The number of nitrogens with zero attached hydrogens (tertiary/aromatic N) is 4. The third kappa shape index (κ3) is 2.81. The van der Waals surface area contributed by atoms with Crippen molar-refractivity contribution in [2.24, 2.45) is 0 Å². The fraction of sp³-hybridized carbons (Fsp3) is 0.533. The van der Waals surface area contributed by atoms with E-state index in [1.54, 1.807) is 5.57 Å². The van der Waals surface area contributed by atoms with Crippen molar-refractivity contribution in [1.29, 1.82) is 0 Å². The molecule has 0 radical (unpaired) electrons. The van der Waals surface area contributed by atoms with E-state index in [4.69, 9.17) is 0 Å². The van der Waals surface area contributed by atoms with Gasteiger partial charge in [0.2, 0.25) is 0 Å². The largest absolute Gasteiger partial charge is 0.368 e. The summed E-state index contributed by atoms with van der Waals surface area (Å²) in [5.74, 6) is 1.79. The quantitative estimate of drug-likeness (QED) is 0.849. The molecule has 5 nitrogen and oxygen atoms in total. The van der Waals surface area contributed by atoms with Gasteiger partial charge in [-0.3, -0.25) is 0 Å². The molecule has 0 atom stereocenters. The average Bonchev–Trinajstić information content (AvgIpc) is 2.91. The minimum Gasteiger partial charge on any atom is -0.368 e. The topological polar surface area (TPSA) is 55.1 Å². The van der Waals surface area contributed by atoms with Gasteiger partial charge in [0.15, 0.2) is 11.5 Å². The van der Waals surface area contributed by atoms with Gasteiger partial charge in [0.05, 0.1) is 0 Å². The Bertz CT molecular complexity index is 614. The lowest BCUT2D eigenvalue weighted by molar-refractivity contribution is 0.679. The second-order valence-corrected chi connectivity index (χ2v) is 5.24. The van der Waals surface area contributed by atoms with E-state index in [1.807, 2.05) is 16.6 Å². The predicted molar refractivity (Wildman–Crippen MR) is 79.8 cm³/mol. The molecular formula is C15H21N5. The highest BCUT2D eigenvalue weighted by atomic mass is 15.4. The summed E-state index contributed by atoms with van der Waals surface area (Å²) >= 11 is 0. The molecule has 20 heavy (non-hydrogen) atoms. The second-order valence-electron chi connectivity index (χ2n) is 5.24. The summed E-state index contributed by atoms with van der Waals surface area (Å²) in [5.41, 5.74) is 2.39. The van der Waals surface area contributed by atoms with Gasteiger partial charge in [-0.1, -0.05) is 18.6 Å². The van der Waals surface area contributed by atoms with Crippen LogP contribution in [-0.2, 0) is 6.42 Å². The van der Waals surface area contributed by atoms with Crippen LogP contribution < -0.4 is 5.32 Å². The van der Waals surface area contributed by atoms with E-state index in [0.717, 1.165) is 36.7 Å². The number of allylic oxidation sites excluding steroid dienone is 1. The highest BCUT2D eigenvalue weighted by Gasteiger charge is 2.06. The molecule has 1 aliphatic rings. The lowest BCUT2D eigenvalue weighted by Crippen LogP contribution is -2.08. The third-order valence-corrected chi connectivity index (χ3v) is 3.78. The van der Waals surface area contributed by atoms with E-state index in [1.165, 1.54) is 25.7 Å². The van der Waals surface area contributed by atoms with Gasteiger partial charge in [0.1, 0.15) is 5.82 Å². The molecule has 0 saturated heterocycles. The molecule has 0 aromatic carbocycles. The Labute approximate surface area is 119 Å². The first-order valence-electron chi connectivity index (χ1n) is 7.50. The Morgan fingerprint density at radius 3 is 3.00 bits per heavy atom. The van der Waals surface area contributed by atoms with Crippen LogP contribution in [0.2, 0.25) is 0 Å². The first-order valence-corrected chi connectivity index (χ1v) is 7.50. The van der Waals surface area contributed by atoms with E-state index in [2.05, 4.69) is 33.6 Å². The van der Waals surface area contributed by atoms with Gasteiger partial charge in [-0.2, -0.15) is 4.52 Å². The molecule has 0 spiro atoms. The standard InChI is InChI=1S/C15H21N5/c1-2-14-17-18-15-9-8-13(19-20(14)15)16-11-10-12-6-4-3-5-7-12/h6,8-9H,2-5,7,10-11H2,1H3,(H,16,19). The molecule has 0 amide bonds. The molecule has 2 aromatic heterocycles. The molecule has 3 rings (SSSR count). The summed E-state index contributed by atoms with van der Waals surface area (Å²) in [5, 5.41) is 16.2. The van der Waals surface area contributed by atoms with Crippen molar-refractivity contribution >= 4 is 11.5 Å². The summed E-state index contributed by atoms with van der Waals surface area (Å²) in [6, 6.07) is 3.93. The number of hydrogen-bond donors (Lipinski definition) is 1. The minimum atomic E-state index is 0.808. The molecule has 2 aromatic rings. The van der Waals surface area contributed by atoms with E-state index < -0.39 is 0 Å². The number of aromatic nitrogens is 4. The summed E-state index contributed by atoms with van der Waals surface area (Å²) in [6.45, 7) is 3.00. The summed E-state index contributed by atoms with van der Waals surface area (Å²) in [7, 11) is 0. The molecule has 0 aliphatic heterocycles. The van der Waals surface area contributed by atoms with Crippen LogP contribution in [0.5, 0.6) is 0 Å². The highest BCUT2D eigenvalue weighted by molar-refractivity contribution is 5.44. The van der Waals surface area contributed by atoms with Crippen molar-refractivity contribution in [1.82, 2.24) is 19.8 Å². The number of rotatable bonds is 5. The number of hydrogen-bond acceptors (Lipinski definition) is 4. The summed E-state index contributed by atoms with van der Waals surface area (Å²) in [4.78, 5) is 0. The first kappa shape index (κ1) is 13.1. The maximum atomic E-state index is 4.55. The van der Waals surface area contributed by atoms with Crippen LogP contribution in [0.3, 0.4) is 0 Å². The van der Waals surface area contributed by atoms with Crippen LogP contribution in [0.25, 0.3) is 5.65 Å². The molecule has 5 heteroatoms. The average molecular weight is 271 g/mol. The van der Waals surface area contributed by atoms with Gasteiger partial charge < -0.3 is 5.32 Å². The Morgan fingerprint density at radius 2 is 2.20 bits per heavy atom. The van der Waals surface area contributed by atoms with Crippen molar-refractivity contribution in [3.05, 3.63) is 29.6 Å². The Kier molecular flexibility index (Phi) is 3.95. The monoisotopic (exact) mass is 271 g/mol. The number of aryl methyl sites for hydroxylation is 1. The van der Waals surface area contributed by atoms with E-state index >= 15 is 0 Å². The van der Waals surface area contributed by atoms with Crippen LogP contribution in [0.4, 0.5) is 5.82 Å². The smallest absolute Gasteiger partial charge is 0.178 e. The molecule has 106 valence electrons. The van der Waals surface area contributed by atoms with Crippen LogP contribution in [-0.4, -0.2) is 26.4 Å². The van der Waals surface area contributed by atoms with Gasteiger partial charge in [-0.05, 0) is 44.2 Å². The van der Waals surface area contributed by atoms with Crippen LogP contribution >= 0.6 is 0 Å². The Hall–Kier alpha value is -1.91. The van der Waals surface area contributed by atoms with Crippen molar-refractivity contribution in [3.63, 3.8) is 0 Å². The maximum absolute atomic E-state index is 4.55. The summed E-state index contributed by atoms with van der Waals surface area (Å²) < 4.78 is 1.82. The number of fused-ring (bicyclic) bond motifs is 1. The van der Waals surface area contributed by atoms with Gasteiger partial charge >= 0.3 is 0 Å². The zero-order chi connectivity index (χ0) is 13.8. The normalized spacial score (nSPS) is 15.3. The summed E-state index contributed by atoms with van der Waals surface area (Å²) in [6.07, 6.45) is 9.56. The van der Waals surface area contributed by atoms with E-state index in [9.17, 15) is 0 Å².